The Morgan fingerprint density at radius 2 is 2.06 bits per heavy atom. The van der Waals surface area contributed by atoms with Crippen LogP contribution in [0.2, 0.25) is 0 Å². The summed E-state index contributed by atoms with van der Waals surface area (Å²) in [5.74, 6) is 0. The first-order valence-electron chi connectivity index (χ1n) is 5.14. The SMILES string of the molecule is CCCNS(=O)(=O)c1c(C)cccc1[N+](=O)[O-]. The summed E-state index contributed by atoms with van der Waals surface area (Å²) in [6.07, 6.45) is 0.624. The lowest BCUT2D eigenvalue weighted by molar-refractivity contribution is -0.387. The van der Waals surface area contributed by atoms with E-state index in [9.17, 15) is 18.5 Å². The zero-order chi connectivity index (χ0) is 13.1. The van der Waals surface area contributed by atoms with E-state index in [0.717, 1.165) is 0 Å². The average Bonchev–Trinajstić information content (AvgIpc) is 2.25. The van der Waals surface area contributed by atoms with Gasteiger partial charge in [-0.3, -0.25) is 10.1 Å². The van der Waals surface area contributed by atoms with E-state index in [1.165, 1.54) is 25.1 Å². The molecule has 0 aliphatic rings. The van der Waals surface area contributed by atoms with E-state index >= 15 is 0 Å². The first-order valence-corrected chi connectivity index (χ1v) is 6.62. The molecule has 0 saturated heterocycles. The molecule has 0 spiro atoms. The zero-order valence-electron chi connectivity index (χ0n) is 9.63. The molecule has 0 aliphatic carbocycles. The Bertz CT molecular complexity index is 525. The fourth-order valence-electron chi connectivity index (χ4n) is 1.44. The van der Waals surface area contributed by atoms with E-state index in [-0.39, 0.29) is 11.4 Å². The molecule has 0 fully saturated rings. The number of nitro benzene ring substituents is 1. The molecule has 1 aromatic rings. The molecule has 0 unspecified atom stereocenters. The maximum absolute atomic E-state index is 11.9. The third-order valence-electron chi connectivity index (χ3n) is 2.20. The van der Waals surface area contributed by atoms with Gasteiger partial charge in [-0.1, -0.05) is 19.1 Å². The molecule has 0 radical (unpaired) electrons. The van der Waals surface area contributed by atoms with E-state index < -0.39 is 20.6 Å². The van der Waals surface area contributed by atoms with Gasteiger partial charge in [0.05, 0.1) is 4.92 Å². The summed E-state index contributed by atoms with van der Waals surface area (Å²) >= 11 is 0. The van der Waals surface area contributed by atoms with Gasteiger partial charge < -0.3 is 0 Å². The van der Waals surface area contributed by atoms with Crippen molar-refractivity contribution < 1.29 is 13.3 Å². The van der Waals surface area contributed by atoms with Gasteiger partial charge in [0.2, 0.25) is 10.0 Å². The van der Waals surface area contributed by atoms with Crippen LogP contribution in [0.15, 0.2) is 23.1 Å². The Labute approximate surface area is 99.9 Å². The summed E-state index contributed by atoms with van der Waals surface area (Å²) in [7, 11) is -3.82. The molecule has 0 amide bonds. The summed E-state index contributed by atoms with van der Waals surface area (Å²) in [6, 6.07) is 4.19. The molecular weight excluding hydrogens is 244 g/mol. The lowest BCUT2D eigenvalue weighted by atomic mass is 10.2. The molecule has 7 heteroatoms. The summed E-state index contributed by atoms with van der Waals surface area (Å²) in [5.41, 5.74) is -0.0311. The third kappa shape index (κ3) is 3.01. The van der Waals surface area contributed by atoms with Crippen LogP contribution < -0.4 is 4.72 Å². The van der Waals surface area contributed by atoms with Crippen LogP contribution in [-0.4, -0.2) is 19.9 Å². The third-order valence-corrected chi connectivity index (χ3v) is 3.85. The number of nitrogens with zero attached hydrogens (tertiary/aromatic N) is 1. The zero-order valence-corrected chi connectivity index (χ0v) is 10.5. The van der Waals surface area contributed by atoms with Crippen molar-refractivity contribution in [1.82, 2.24) is 4.72 Å². The minimum Gasteiger partial charge on any atom is -0.258 e. The molecule has 1 aromatic carbocycles. The van der Waals surface area contributed by atoms with Crippen LogP contribution in [0, 0.1) is 17.0 Å². The largest absolute Gasteiger partial charge is 0.289 e. The molecule has 0 heterocycles. The predicted molar refractivity (Wildman–Crippen MR) is 63.3 cm³/mol. The van der Waals surface area contributed by atoms with Crippen molar-refractivity contribution in [3.05, 3.63) is 33.9 Å². The molecule has 6 nitrogen and oxygen atoms in total. The first-order chi connectivity index (χ1) is 7.90. The predicted octanol–water partition coefficient (Wildman–Crippen LogP) is 1.59. The van der Waals surface area contributed by atoms with Gasteiger partial charge >= 0.3 is 0 Å². The minimum atomic E-state index is -3.82. The molecule has 1 rings (SSSR count). The molecule has 94 valence electrons. The van der Waals surface area contributed by atoms with Gasteiger partial charge in [-0.05, 0) is 18.9 Å². The Morgan fingerprint density at radius 1 is 1.41 bits per heavy atom. The van der Waals surface area contributed by atoms with Crippen LogP contribution in [0.5, 0.6) is 0 Å². The number of hydrogen-bond acceptors (Lipinski definition) is 4. The highest BCUT2D eigenvalue weighted by Gasteiger charge is 2.26. The van der Waals surface area contributed by atoms with Crippen molar-refractivity contribution in [3.63, 3.8) is 0 Å². The number of nitrogens with one attached hydrogen (secondary N) is 1. The maximum atomic E-state index is 11.9. The second kappa shape index (κ2) is 5.24. The van der Waals surface area contributed by atoms with Crippen LogP contribution in [-0.2, 0) is 10.0 Å². The molecule has 0 aliphatic heterocycles. The minimum absolute atomic E-state index is 0.251. The standard InChI is InChI=1S/C10H14N2O4S/c1-3-7-11-17(15,16)10-8(2)5-4-6-9(10)12(13)14/h4-6,11H,3,7H2,1-2H3. The van der Waals surface area contributed by atoms with E-state index in [4.69, 9.17) is 0 Å². The Hall–Kier alpha value is -1.47. The quantitative estimate of drug-likeness (QED) is 0.641. The number of rotatable bonds is 5. The molecular formula is C10H14N2O4S. The van der Waals surface area contributed by atoms with Gasteiger partial charge in [0, 0.05) is 12.6 Å². The topological polar surface area (TPSA) is 89.3 Å². The average molecular weight is 258 g/mol. The highest BCUT2D eigenvalue weighted by Crippen LogP contribution is 2.26. The van der Waals surface area contributed by atoms with E-state index in [2.05, 4.69) is 4.72 Å². The lowest BCUT2D eigenvalue weighted by Gasteiger charge is -2.08. The van der Waals surface area contributed by atoms with Crippen LogP contribution in [0.1, 0.15) is 18.9 Å². The van der Waals surface area contributed by atoms with Crippen LogP contribution >= 0.6 is 0 Å². The molecule has 1 N–H and O–H groups in total. The van der Waals surface area contributed by atoms with Gasteiger partial charge in [0.1, 0.15) is 0 Å². The van der Waals surface area contributed by atoms with Gasteiger partial charge in [0.15, 0.2) is 4.90 Å². The van der Waals surface area contributed by atoms with Crippen LogP contribution in [0.4, 0.5) is 5.69 Å². The number of nitro groups is 1. The number of sulfonamides is 1. The number of benzene rings is 1. The van der Waals surface area contributed by atoms with Gasteiger partial charge in [-0.2, -0.15) is 0 Å². The van der Waals surface area contributed by atoms with E-state index in [0.29, 0.717) is 12.0 Å². The second-order valence-corrected chi connectivity index (χ2v) is 5.28. The van der Waals surface area contributed by atoms with Crippen molar-refractivity contribution in [3.8, 4) is 0 Å². The highest BCUT2D eigenvalue weighted by molar-refractivity contribution is 7.89. The van der Waals surface area contributed by atoms with Crippen LogP contribution in [0.25, 0.3) is 0 Å². The summed E-state index contributed by atoms with van der Waals surface area (Å²) < 4.78 is 26.2. The summed E-state index contributed by atoms with van der Waals surface area (Å²) in [5, 5.41) is 10.8. The summed E-state index contributed by atoms with van der Waals surface area (Å²) in [4.78, 5) is 9.87. The van der Waals surface area contributed by atoms with Crippen molar-refractivity contribution in [2.75, 3.05) is 6.54 Å². The van der Waals surface area contributed by atoms with Crippen molar-refractivity contribution in [2.45, 2.75) is 25.2 Å². The Kier molecular flexibility index (Phi) is 4.19. The Balaban J connectivity index is 3.34. The van der Waals surface area contributed by atoms with E-state index in [1.807, 2.05) is 6.92 Å². The normalized spacial score (nSPS) is 11.4. The lowest BCUT2D eigenvalue weighted by Crippen LogP contribution is -2.25. The monoisotopic (exact) mass is 258 g/mol. The van der Waals surface area contributed by atoms with Crippen molar-refractivity contribution in [1.29, 1.82) is 0 Å². The highest BCUT2D eigenvalue weighted by atomic mass is 32.2. The number of aryl methyl sites for hydroxylation is 1. The second-order valence-electron chi connectivity index (χ2n) is 3.58. The van der Waals surface area contributed by atoms with Crippen molar-refractivity contribution >= 4 is 15.7 Å². The molecule has 0 atom stereocenters. The molecule has 17 heavy (non-hydrogen) atoms. The van der Waals surface area contributed by atoms with Crippen LogP contribution in [0.3, 0.4) is 0 Å². The molecule has 0 saturated carbocycles. The van der Waals surface area contributed by atoms with Gasteiger partial charge in [-0.25, -0.2) is 13.1 Å². The maximum Gasteiger partial charge on any atom is 0.289 e. The summed E-state index contributed by atoms with van der Waals surface area (Å²) in [6.45, 7) is 3.61. The van der Waals surface area contributed by atoms with Gasteiger partial charge in [0.25, 0.3) is 5.69 Å². The fraction of sp³-hybridized carbons (Fsp3) is 0.400. The van der Waals surface area contributed by atoms with Gasteiger partial charge in [-0.15, -0.1) is 0 Å². The molecule has 0 aromatic heterocycles. The molecule has 0 bridgehead atoms. The van der Waals surface area contributed by atoms with E-state index in [1.54, 1.807) is 0 Å². The smallest absolute Gasteiger partial charge is 0.258 e. The fourth-order valence-corrected chi connectivity index (χ4v) is 2.97. The van der Waals surface area contributed by atoms with Crippen molar-refractivity contribution in [2.24, 2.45) is 0 Å². The Morgan fingerprint density at radius 3 is 2.59 bits per heavy atom. The number of hydrogen-bond donors (Lipinski definition) is 1. The first kappa shape index (κ1) is 13.6.